The molecule has 0 aliphatic carbocycles. The van der Waals surface area contributed by atoms with E-state index in [0.29, 0.717) is 0 Å². The van der Waals surface area contributed by atoms with E-state index < -0.39 is 0 Å². The van der Waals surface area contributed by atoms with Crippen LogP contribution in [0.4, 0.5) is 10.5 Å². The Hall–Kier alpha value is -1.60. The summed E-state index contributed by atoms with van der Waals surface area (Å²) in [6.07, 6.45) is 2.03. The summed E-state index contributed by atoms with van der Waals surface area (Å²) in [6, 6.07) is 5.15. The van der Waals surface area contributed by atoms with Gasteiger partial charge in [0.05, 0.1) is 18.7 Å². The summed E-state index contributed by atoms with van der Waals surface area (Å²) in [7, 11) is 0. The van der Waals surface area contributed by atoms with Gasteiger partial charge in [-0.3, -0.25) is 4.79 Å². The van der Waals surface area contributed by atoms with Crippen molar-refractivity contribution in [2.45, 2.75) is 38.8 Å². The van der Waals surface area contributed by atoms with E-state index in [-0.39, 0.29) is 30.6 Å². The van der Waals surface area contributed by atoms with Crippen molar-refractivity contribution >= 4 is 33.6 Å². The van der Waals surface area contributed by atoms with Gasteiger partial charge in [-0.25, -0.2) is 4.79 Å². The van der Waals surface area contributed by atoms with Crippen LogP contribution in [0.15, 0.2) is 22.7 Å². The van der Waals surface area contributed by atoms with Gasteiger partial charge in [0.15, 0.2) is 0 Å². The van der Waals surface area contributed by atoms with Crippen molar-refractivity contribution in [1.82, 2.24) is 10.6 Å². The second kappa shape index (κ2) is 8.31. The number of ether oxygens (including phenoxy) is 1. The summed E-state index contributed by atoms with van der Waals surface area (Å²) in [5.74, 6) is -0.268. The lowest BCUT2D eigenvalue weighted by Crippen LogP contribution is -2.47. The molecule has 126 valence electrons. The lowest BCUT2D eigenvalue weighted by molar-refractivity contribution is -0.115. The average molecular weight is 384 g/mol. The van der Waals surface area contributed by atoms with Gasteiger partial charge in [-0.2, -0.15) is 0 Å². The fraction of sp³-hybridized carbons (Fsp3) is 0.500. The van der Waals surface area contributed by atoms with Crippen LogP contribution in [0.3, 0.4) is 0 Å². The monoisotopic (exact) mass is 383 g/mol. The fourth-order valence-corrected chi connectivity index (χ4v) is 2.95. The molecular weight excluding hydrogens is 362 g/mol. The first kappa shape index (κ1) is 17.7. The molecule has 1 saturated heterocycles. The second-order valence-corrected chi connectivity index (χ2v) is 6.59. The molecule has 0 saturated carbocycles. The summed E-state index contributed by atoms with van der Waals surface area (Å²) in [4.78, 5) is 23.7. The zero-order valence-corrected chi connectivity index (χ0v) is 14.9. The molecule has 3 amide bonds. The van der Waals surface area contributed by atoms with E-state index in [0.717, 1.165) is 35.2 Å². The minimum Gasteiger partial charge on any atom is -0.376 e. The Balaban J connectivity index is 1.74. The summed E-state index contributed by atoms with van der Waals surface area (Å²) in [5.41, 5.74) is 1.68. The molecule has 1 aliphatic rings. The van der Waals surface area contributed by atoms with E-state index in [1.165, 1.54) is 0 Å². The number of hydrogen-bond donors (Lipinski definition) is 3. The van der Waals surface area contributed by atoms with Crippen LogP contribution >= 0.6 is 15.9 Å². The summed E-state index contributed by atoms with van der Waals surface area (Å²) < 4.78 is 6.47. The van der Waals surface area contributed by atoms with Crippen LogP contribution < -0.4 is 16.0 Å². The smallest absolute Gasteiger partial charge is 0.315 e. The molecule has 7 heteroatoms. The maximum atomic E-state index is 11.9. The highest BCUT2D eigenvalue weighted by Gasteiger charge is 2.23. The van der Waals surface area contributed by atoms with Gasteiger partial charge in [0, 0.05) is 16.8 Å². The first-order valence-electron chi connectivity index (χ1n) is 7.67. The number of amides is 3. The molecule has 1 fully saturated rings. The molecular formula is C16H22BrN3O3. The molecule has 0 spiro atoms. The molecule has 2 rings (SSSR count). The number of urea groups is 1. The van der Waals surface area contributed by atoms with Gasteiger partial charge >= 0.3 is 6.03 Å². The van der Waals surface area contributed by atoms with Gasteiger partial charge in [0.2, 0.25) is 5.91 Å². The minimum atomic E-state index is -0.365. The van der Waals surface area contributed by atoms with Crippen molar-refractivity contribution in [2.75, 3.05) is 18.5 Å². The molecule has 6 nitrogen and oxygen atoms in total. The standard InChI is InChI=1S/C16H22BrN3O3/c1-10-8-12(17)5-6-13(10)20-15(21)9-18-16(22)19-11(2)14-4-3-7-23-14/h5-6,8,11,14H,3-4,7,9H2,1-2H3,(H,20,21)(H2,18,19,22)/t11-,14-/m0/s1. The summed E-state index contributed by atoms with van der Waals surface area (Å²) >= 11 is 3.37. The van der Waals surface area contributed by atoms with Gasteiger partial charge < -0.3 is 20.7 Å². The Bertz CT molecular complexity index is 574. The maximum Gasteiger partial charge on any atom is 0.315 e. The number of halogens is 1. The molecule has 0 unspecified atom stereocenters. The van der Waals surface area contributed by atoms with E-state index in [2.05, 4.69) is 31.9 Å². The van der Waals surface area contributed by atoms with Crippen molar-refractivity contribution < 1.29 is 14.3 Å². The van der Waals surface area contributed by atoms with E-state index in [4.69, 9.17) is 4.74 Å². The van der Waals surface area contributed by atoms with Crippen molar-refractivity contribution in [3.05, 3.63) is 28.2 Å². The number of carbonyl (C=O) groups excluding carboxylic acids is 2. The predicted molar refractivity (Wildman–Crippen MR) is 92.5 cm³/mol. The Morgan fingerprint density at radius 2 is 2.22 bits per heavy atom. The molecule has 1 aromatic rings. The molecule has 0 aromatic heterocycles. The molecule has 1 aliphatic heterocycles. The largest absolute Gasteiger partial charge is 0.376 e. The molecule has 23 heavy (non-hydrogen) atoms. The number of nitrogens with one attached hydrogen (secondary N) is 3. The predicted octanol–water partition coefficient (Wildman–Crippen LogP) is 2.56. The van der Waals surface area contributed by atoms with E-state index in [1.807, 2.05) is 32.0 Å². The number of rotatable bonds is 5. The summed E-state index contributed by atoms with van der Waals surface area (Å²) in [6.45, 7) is 4.47. The zero-order chi connectivity index (χ0) is 16.8. The number of benzene rings is 1. The van der Waals surface area contributed by atoms with Crippen molar-refractivity contribution in [3.63, 3.8) is 0 Å². The van der Waals surface area contributed by atoms with Crippen LogP contribution in [0.5, 0.6) is 0 Å². The van der Waals surface area contributed by atoms with Gasteiger partial charge in [-0.1, -0.05) is 15.9 Å². The number of aryl methyl sites for hydroxylation is 1. The van der Waals surface area contributed by atoms with E-state index in [9.17, 15) is 9.59 Å². The first-order chi connectivity index (χ1) is 11.0. The van der Waals surface area contributed by atoms with Crippen LogP contribution in [0, 0.1) is 6.92 Å². The molecule has 0 bridgehead atoms. The molecule has 3 N–H and O–H groups in total. The molecule has 0 radical (unpaired) electrons. The van der Waals surface area contributed by atoms with Crippen LogP contribution in [0.1, 0.15) is 25.3 Å². The third-order valence-corrected chi connectivity index (χ3v) is 4.25. The molecule has 1 aromatic carbocycles. The van der Waals surface area contributed by atoms with Gasteiger partial charge in [0.1, 0.15) is 0 Å². The Labute approximate surface area is 144 Å². The molecule has 1 heterocycles. The third-order valence-electron chi connectivity index (χ3n) is 3.75. The van der Waals surface area contributed by atoms with Crippen LogP contribution in [-0.2, 0) is 9.53 Å². The normalized spacial score (nSPS) is 18.3. The first-order valence-corrected chi connectivity index (χ1v) is 8.47. The van der Waals surface area contributed by atoms with Crippen LogP contribution in [0.25, 0.3) is 0 Å². The quantitative estimate of drug-likeness (QED) is 0.730. The highest BCUT2D eigenvalue weighted by molar-refractivity contribution is 9.10. The van der Waals surface area contributed by atoms with E-state index in [1.54, 1.807) is 0 Å². The Morgan fingerprint density at radius 1 is 1.43 bits per heavy atom. The average Bonchev–Trinajstić information content (AvgIpc) is 3.02. The lowest BCUT2D eigenvalue weighted by Gasteiger charge is -2.20. The van der Waals surface area contributed by atoms with Crippen molar-refractivity contribution in [1.29, 1.82) is 0 Å². The molecule has 2 atom stereocenters. The Morgan fingerprint density at radius 3 is 2.87 bits per heavy atom. The van der Waals surface area contributed by atoms with Gasteiger partial charge in [-0.15, -0.1) is 0 Å². The third kappa shape index (κ3) is 5.51. The second-order valence-electron chi connectivity index (χ2n) is 5.67. The topological polar surface area (TPSA) is 79.5 Å². The highest BCUT2D eigenvalue weighted by Crippen LogP contribution is 2.19. The van der Waals surface area contributed by atoms with E-state index >= 15 is 0 Å². The fourth-order valence-electron chi connectivity index (χ4n) is 2.47. The summed E-state index contributed by atoms with van der Waals surface area (Å²) in [5, 5.41) is 8.13. The lowest BCUT2D eigenvalue weighted by atomic mass is 10.1. The highest BCUT2D eigenvalue weighted by atomic mass is 79.9. The minimum absolute atomic E-state index is 0.0555. The maximum absolute atomic E-state index is 11.9. The van der Waals surface area contributed by atoms with Crippen LogP contribution in [-0.4, -0.2) is 37.2 Å². The number of anilines is 1. The zero-order valence-electron chi connectivity index (χ0n) is 13.3. The SMILES string of the molecule is Cc1cc(Br)ccc1NC(=O)CNC(=O)N[C@@H](C)[C@@H]1CCCO1. The number of hydrogen-bond acceptors (Lipinski definition) is 3. The number of carbonyl (C=O) groups is 2. The van der Waals surface area contributed by atoms with Crippen molar-refractivity contribution in [2.24, 2.45) is 0 Å². The Kier molecular flexibility index (Phi) is 6.41. The van der Waals surface area contributed by atoms with Gasteiger partial charge in [-0.05, 0) is 50.5 Å². The van der Waals surface area contributed by atoms with Gasteiger partial charge in [0.25, 0.3) is 0 Å². The van der Waals surface area contributed by atoms with Crippen molar-refractivity contribution in [3.8, 4) is 0 Å². The van der Waals surface area contributed by atoms with Crippen LogP contribution in [0.2, 0.25) is 0 Å².